The molecule has 1 N–H and O–H groups in total. The summed E-state index contributed by atoms with van der Waals surface area (Å²) in [6.45, 7) is 4.11. The van der Waals surface area contributed by atoms with Crippen molar-refractivity contribution in [2.45, 2.75) is 50.3 Å². The van der Waals surface area contributed by atoms with Crippen molar-refractivity contribution < 1.29 is 8.42 Å². The van der Waals surface area contributed by atoms with Crippen molar-refractivity contribution in [3.63, 3.8) is 0 Å². The second kappa shape index (κ2) is 6.36. The van der Waals surface area contributed by atoms with E-state index in [4.69, 9.17) is 0 Å². The molecule has 2 aliphatic rings. The SMILES string of the molecule is C[C@@H]1CN(S(=O)(=O)C2CCCCC2)CCN1.Cl. The molecule has 17 heavy (non-hydrogen) atoms. The number of nitrogens with one attached hydrogen (secondary N) is 1. The summed E-state index contributed by atoms with van der Waals surface area (Å²) in [5.41, 5.74) is 0. The van der Waals surface area contributed by atoms with Gasteiger partial charge in [0, 0.05) is 25.7 Å². The van der Waals surface area contributed by atoms with E-state index in [-0.39, 0.29) is 23.7 Å². The van der Waals surface area contributed by atoms with Gasteiger partial charge in [-0.05, 0) is 19.8 Å². The summed E-state index contributed by atoms with van der Waals surface area (Å²) in [6, 6.07) is 0.284. The average Bonchev–Trinajstić information content (AvgIpc) is 2.30. The highest BCUT2D eigenvalue weighted by Gasteiger charge is 2.34. The van der Waals surface area contributed by atoms with Gasteiger partial charge in [0.1, 0.15) is 0 Å². The van der Waals surface area contributed by atoms with Gasteiger partial charge in [0.2, 0.25) is 10.0 Å². The molecule has 0 aromatic carbocycles. The van der Waals surface area contributed by atoms with Crippen molar-refractivity contribution in [1.82, 2.24) is 9.62 Å². The Bertz CT molecular complexity index is 328. The molecule has 0 spiro atoms. The minimum atomic E-state index is -3.02. The van der Waals surface area contributed by atoms with Gasteiger partial charge in [-0.25, -0.2) is 8.42 Å². The second-order valence-corrected chi connectivity index (χ2v) is 7.23. The molecule has 2 rings (SSSR count). The summed E-state index contributed by atoms with van der Waals surface area (Å²) < 4.78 is 26.5. The summed E-state index contributed by atoms with van der Waals surface area (Å²) in [5.74, 6) is 0. The van der Waals surface area contributed by atoms with E-state index in [1.165, 1.54) is 6.42 Å². The number of hydrogen-bond donors (Lipinski definition) is 1. The number of rotatable bonds is 2. The van der Waals surface area contributed by atoms with E-state index in [0.717, 1.165) is 32.2 Å². The molecule has 1 aliphatic heterocycles. The number of nitrogens with zero attached hydrogens (tertiary/aromatic N) is 1. The standard InChI is InChI=1S/C11H22N2O2S.ClH/c1-10-9-13(8-7-12-10)16(14,15)11-5-3-2-4-6-11;/h10-12H,2-9H2,1H3;1H/t10-;/m1./s1. The van der Waals surface area contributed by atoms with E-state index >= 15 is 0 Å². The van der Waals surface area contributed by atoms with Crippen molar-refractivity contribution in [2.75, 3.05) is 19.6 Å². The molecule has 1 aliphatic carbocycles. The van der Waals surface area contributed by atoms with Gasteiger partial charge in [-0.2, -0.15) is 4.31 Å². The maximum atomic E-state index is 12.4. The van der Waals surface area contributed by atoms with Crippen LogP contribution in [-0.2, 0) is 10.0 Å². The Kier molecular flexibility index (Phi) is 5.70. The lowest BCUT2D eigenvalue weighted by atomic mass is 10.0. The molecule has 0 aromatic rings. The third kappa shape index (κ3) is 3.56. The molecule has 4 nitrogen and oxygen atoms in total. The Morgan fingerprint density at radius 2 is 1.82 bits per heavy atom. The van der Waals surface area contributed by atoms with Gasteiger partial charge in [0.25, 0.3) is 0 Å². The van der Waals surface area contributed by atoms with Crippen molar-refractivity contribution in [2.24, 2.45) is 0 Å². The molecular formula is C11H23ClN2O2S. The molecule has 0 amide bonds. The first-order chi connectivity index (χ1) is 7.60. The topological polar surface area (TPSA) is 49.4 Å². The number of halogens is 1. The Balaban J connectivity index is 0.00000144. The van der Waals surface area contributed by atoms with E-state index in [2.05, 4.69) is 5.32 Å². The van der Waals surface area contributed by atoms with Crippen LogP contribution in [0.5, 0.6) is 0 Å². The predicted molar refractivity (Wildman–Crippen MR) is 72.1 cm³/mol. The molecule has 1 heterocycles. The van der Waals surface area contributed by atoms with Crippen LogP contribution < -0.4 is 5.32 Å². The van der Waals surface area contributed by atoms with Crippen LogP contribution in [-0.4, -0.2) is 43.6 Å². The van der Waals surface area contributed by atoms with Gasteiger partial charge < -0.3 is 5.32 Å². The molecule has 0 bridgehead atoms. The summed E-state index contributed by atoms with van der Waals surface area (Å²) in [4.78, 5) is 0. The third-order valence-corrected chi connectivity index (χ3v) is 6.03. The van der Waals surface area contributed by atoms with E-state index in [1.807, 2.05) is 6.92 Å². The van der Waals surface area contributed by atoms with Crippen LogP contribution in [0.25, 0.3) is 0 Å². The number of sulfonamides is 1. The summed E-state index contributed by atoms with van der Waals surface area (Å²) in [5, 5.41) is 3.18. The smallest absolute Gasteiger partial charge is 0.217 e. The largest absolute Gasteiger partial charge is 0.312 e. The maximum Gasteiger partial charge on any atom is 0.217 e. The van der Waals surface area contributed by atoms with Gasteiger partial charge in [0.15, 0.2) is 0 Å². The molecule has 0 unspecified atom stereocenters. The zero-order chi connectivity index (χ0) is 11.6. The lowest BCUT2D eigenvalue weighted by Gasteiger charge is -2.34. The molecule has 2 fully saturated rings. The molecule has 6 heteroatoms. The lowest BCUT2D eigenvalue weighted by Crippen LogP contribution is -2.53. The van der Waals surface area contributed by atoms with Gasteiger partial charge in [-0.3, -0.25) is 0 Å². The van der Waals surface area contributed by atoms with E-state index in [0.29, 0.717) is 13.1 Å². The fraction of sp³-hybridized carbons (Fsp3) is 1.00. The maximum absolute atomic E-state index is 12.4. The minimum Gasteiger partial charge on any atom is -0.312 e. The van der Waals surface area contributed by atoms with Crippen LogP contribution in [0.3, 0.4) is 0 Å². The van der Waals surface area contributed by atoms with Crippen LogP contribution in [0.15, 0.2) is 0 Å². The Morgan fingerprint density at radius 1 is 1.18 bits per heavy atom. The van der Waals surface area contributed by atoms with Crippen LogP contribution in [0.2, 0.25) is 0 Å². The molecule has 1 atom stereocenters. The third-order valence-electron chi connectivity index (χ3n) is 3.66. The van der Waals surface area contributed by atoms with Crippen molar-refractivity contribution in [1.29, 1.82) is 0 Å². The lowest BCUT2D eigenvalue weighted by molar-refractivity contribution is 0.302. The Morgan fingerprint density at radius 3 is 2.41 bits per heavy atom. The van der Waals surface area contributed by atoms with Gasteiger partial charge in [-0.15, -0.1) is 12.4 Å². The first kappa shape index (κ1) is 15.2. The molecular weight excluding hydrogens is 260 g/mol. The quantitative estimate of drug-likeness (QED) is 0.832. The van der Waals surface area contributed by atoms with E-state index < -0.39 is 10.0 Å². The Labute approximate surface area is 111 Å². The second-order valence-electron chi connectivity index (χ2n) is 5.02. The summed E-state index contributed by atoms with van der Waals surface area (Å²) in [6.07, 6.45) is 5.07. The predicted octanol–water partition coefficient (Wildman–Crippen LogP) is 1.36. The first-order valence-corrected chi connectivity index (χ1v) is 7.83. The van der Waals surface area contributed by atoms with Crippen molar-refractivity contribution >= 4 is 22.4 Å². The van der Waals surface area contributed by atoms with Crippen molar-refractivity contribution in [3.05, 3.63) is 0 Å². The van der Waals surface area contributed by atoms with Gasteiger partial charge >= 0.3 is 0 Å². The van der Waals surface area contributed by atoms with Gasteiger partial charge in [-0.1, -0.05) is 19.3 Å². The Hall–Kier alpha value is 0.160. The number of hydrogen-bond acceptors (Lipinski definition) is 3. The van der Waals surface area contributed by atoms with E-state index in [9.17, 15) is 8.42 Å². The summed E-state index contributed by atoms with van der Waals surface area (Å²) >= 11 is 0. The van der Waals surface area contributed by atoms with Gasteiger partial charge in [0.05, 0.1) is 5.25 Å². The van der Waals surface area contributed by atoms with Crippen molar-refractivity contribution in [3.8, 4) is 0 Å². The van der Waals surface area contributed by atoms with Crippen LogP contribution >= 0.6 is 12.4 Å². The normalized spacial score (nSPS) is 28.6. The fourth-order valence-corrected chi connectivity index (χ4v) is 4.83. The number of piperazine rings is 1. The fourth-order valence-electron chi connectivity index (χ4n) is 2.70. The average molecular weight is 283 g/mol. The van der Waals surface area contributed by atoms with Crippen LogP contribution in [0.4, 0.5) is 0 Å². The monoisotopic (exact) mass is 282 g/mol. The van der Waals surface area contributed by atoms with E-state index in [1.54, 1.807) is 4.31 Å². The molecule has 0 aromatic heterocycles. The first-order valence-electron chi connectivity index (χ1n) is 6.33. The zero-order valence-electron chi connectivity index (χ0n) is 10.4. The summed E-state index contributed by atoms with van der Waals surface area (Å²) in [7, 11) is -3.02. The highest BCUT2D eigenvalue weighted by molar-refractivity contribution is 7.89. The highest BCUT2D eigenvalue weighted by Crippen LogP contribution is 2.26. The zero-order valence-corrected chi connectivity index (χ0v) is 12.0. The molecule has 1 saturated carbocycles. The highest BCUT2D eigenvalue weighted by atomic mass is 35.5. The molecule has 0 radical (unpaired) electrons. The van der Waals surface area contributed by atoms with Crippen LogP contribution in [0.1, 0.15) is 39.0 Å². The van der Waals surface area contributed by atoms with Crippen LogP contribution in [0, 0.1) is 0 Å². The minimum absolute atomic E-state index is 0. The molecule has 102 valence electrons. The molecule has 1 saturated heterocycles.